The lowest BCUT2D eigenvalue weighted by Gasteiger charge is -2.35. The number of aromatic nitrogens is 3. The molecule has 0 N–H and O–H groups in total. The molecule has 1 aliphatic rings. The average Bonchev–Trinajstić information content (AvgIpc) is 3.00. The number of aryl methyl sites for hydroxylation is 1. The van der Waals surface area contributed by atoms with Crippen molar-refractivity contribution >= 4 is 28.2 Å². The molecule has 1 fully saturated rings. The Labute approximate surface area is 146 Å². The van der Waals surface area contributed by atoms with E-state index in [9.17, 15) is 0 Å². The topological polar surface area (TPSA) is 37.2 Å². The van der Waals surface area contributed by atoms with Crippen LogP contribution < -0.4 is 4.90 Å². The molecule has 3 heterocycles. The minimum atomic E-state index is 0.582. The summed E-state index contributed by atoms with van der Waals surface area (Å²) in [7, 11) is 2.04. The molecule has 0 amide bonds. The van der Waals surface area contributed by atoms with Crippen molar-refractivity contribution in [2.75, 3.05) is 31.1 Å². The van der Waals surface area contributed by atoms with E-state index in [1.54, 1.807) is 0 Å². The standard InChI is InChI=1S/C18H20ClN5/c1-22-7-6-20-17(22)13-23-8-10-24(11-9-23)16-12-14-4-2-3-5-15(14)18(19)21-16/h2-7,12H,8-11,13H2,1H3. The van der Waals surface area contributed by atoms with Crippen molar-refractivity contribution in [3.8, 4) is 0 Å². The second-order valence-corrected chi connectivity index (χ2v) is 6.57. The molecule has 124 valence electrons. The predicted molar refractivity (Wildman–Crippen MR) is 97.5 cm³/mol. The first-order chi connectivity index (χ1) is 11.7. The van der Waals surface area contributed by atoms with E-state index in [1.165, 1.54) is 0 Å². The van der Waals surface area contributed by atoms with Crippen LogP contribution in [0.15, 0.2) is 42.7 Å². The summed E-state index contributed by atoms with van der Waals surface area (Å²) in [6.07, 6.45) is 3.85. The average molecular weight is 342 g/mol. The molecule has 1 aromatic carbocycles. The van der Waals surface area contributed by atoms with Gasteiger partial charge in [-0.25, -0.2) is 9.97 Å². The Morgan fingerprint density at radius 2 is 1.92 bits per heavy atom. The summed E-state index contributed by atoms with van der Waals surface area (Å²) in [5.41, 5.74) is 0. The van der Waals surface area contributed by atoms with Crippen LogP contribution in [-0.2, 0) is 13.6 Å². The lowest BCUT2D eigenvalue weighted by Crippen LogP contribution is -2.46. The molecule has 0 atom stereocenters. The van der Waals surface area contributed by atoms with Gasteiger partial charge in [-0.05, 0) is 11.5 Å². The van der Waals surface area contributed by atoms with Gasteiger partial charge < -0.3 is 9.47 Å². The molecule has 0 radical (unpaired) electrons. The molecule has 0 bridgehead atoms. The second-order valence-electron chi connectivity index (χ2n) is 6.21. The zero-order valence-corrected chi connectivity index (χ0v) is 14.4. The molecule has 4 rings (SSSR count). The molecule has 3 aromatic rings. The van der Waals surface area contributed by atoms with E-state index >= 15 is 0 Å². The summed E-state index contributed by atoms with van der Waals surface area (Å²) >= 11 is 6.36. The van der Waals surface area contributed by atoms with Crippen molar-refractivity contribution in [3.05, 3.63) is 53.7 Å². The predicted octanol–water partition coefficient (Wildman–Crippen LogP) is 2.94. The van der Waals surface area contributed by atoms with Crippen LogP contribution in [-0.4, -0.2) is 45.6 Å². The van der Waals surface area contributed by atoms with Gasteiger partial charge in [0, 0.05) is 51.0 Å². The van der Waals surface area contributed by atoms with Gasteiger partial charge in [-0.2, -0.15) is 0 Å². The van der Waals surface area contributed by atoms with Crippen LogP contribution in [0.4, 0.5) is 5.82 Å². The van der Waals surface area contributed by atoms with Gasteiger partial charge in [0.25, 0.3) is 0 Å². The third-order valence-corrected chi connectivity index (χ3v) is 4.95. The number of rotatable bonds is 3. The van der Waals surface area contributed by atoms with Crippen molar-refractivity contribution in [2.45, 2.75) is 6.54 Å². The van der Waals surface area contributed by atoms with E-state index in [2.05, 4.69) is 36.5 Å². The quantitative estimate of drug-likeness (QED) is 0.686. The third kappa shape index (κ3) is 2.97. The maximum atomic E-state index is 6.36. The Morgan fingerprint density at radius 3 is 2.67 bits per heavy atom. The molecule has 1 saturated heterocycles. The van der Waals surface area contributed by atoms with Crippen LogP contribution in [0.2, 0.25) is 5.15 Å². The Balaban J connectivity index is 1.47. The number of nitrogens with zero attached hydrogens (tertiary/aromatic N) is 5. The fourth-order valence-corrected chi connectivity index (χ4v) is 3.45. The van der Waals surface area contributed by atoms with Gasteiger partial charge in [-0.15, -0.1) is 0 Å². The van der Waals surface area contributed by atoms with Crippen molar-refractivity contribution in [1.29, 1.82) is 0 Å². The van der Waals surface area contributed by atoms with Crippen LogP contribution in [0, 0.1) is 0 Å². The molecule has 1 aliphatic heterocycles. The van der Waals surface area contributed by atoms with Crippen molar-refractivity contribution < 1.29 is 0 Å². The maximum absolute atomic E-state index is 6.36. The largest absolute Gasteiger partial charge is 0.354 e. The minimum Gasteiger partial charge on any atom is -0.354 e. The van der Waals surface area contributed by atoms with E-state index in [4.69, 9.17) is 11.6 Å². The Hall–Kier alpha value is -2.11. The molecular weight excluding hydrogens is 322 g/mol. The number of fused-ring (bicyclic) bond motifs is 1. The highest BCUT2D eigenvalue weighted by Crippen LogP contribution is 2.26. The summed E-state index contributed by atoms with van der Waals surface area (Å²) < 4.78 is 2.08. The monoisotopic (exact) mass is 341 g/mol. The van der Waals surface area contributed by atoms with Gasteiger partial charge in [-0.3, -0.25) is 4.90 Å². The number of piperazine rings is 1. The number of halogens is 1. The zero-order valence-electron chi connectivity index (χ0n) is 13.7. The number of benzene rings is 1. The molecule has 2 aromatic heterocycles. The summed E-state index contributed by atoms with van der Waals surface area (Å²) in [5.74, 6) is 2.07. The van der Waals surface area contributed by atoms with E-state index in [1.807, 2.05) is 37.6 Å². The second kappa shape index (κ2) is 6.42. The lowest BCUT2D eigenvalue weighted by molar-refractivity contribution is 0.241. The molecular formula is C18H20ClN5. The molecule has 0 unspecified atom stereocenters. The van der Waals surface area contributed by atoms with Crippen LogP contribution >= 0.6 is 11.6 Å². The third-order valence-electron chi connectivity index (χ3n) is 4.66. The lowest BCUT2D eigenvalue weighted by atomic mass is 10.1. The molecule has 0 aliphatic carbocycles. The molecule has 6 heteroatoms. The summed E-state index contributed by atoms with van der Waals surface area (Å²) in [6.45, 7) is 4.79. The van der Waals surface area contributed by atoms with Gasteiger partial charge in [-0.1, -0.05) is 35.9 Å². The number of imidazole rings is 1. The first kappa shape index (κ1) is 15.4. The highest BCUT2D eigenvalue weighted by Gasteiger charge is 2.20. The van der Waals surface area contributed by atoms with E-state index < -0.39 is 0 Å². The van der Waals surface area contributed by atoms with Gasteiger partial charge in [0.1, 0.15) is 16.8 Å². The van der Waals surface area contributed by atoms with Crippen LogP contribution in [0.1, 0.15) is 5.82 Å². The maximum Gasteiger partial charge on any atom is 0.139 e. The summed E-state index contributed by atoms with van der Waals surface area (Å²) in [4.78, 5) is 13.8. The Morgan fingerprint density at radius 1 is 1.12 bits per heavy atom. The van der Waals surface area contributed by atoms with Crippen molar-refractivity contribution in [1.82, 2.24) is 19.4 Å². The van der Waals surface area contributed by atoms with Gasteiger partial charge in [0.05, 0.1) is 6.54 Å². The van der Waals surface area contributed by atoms with Gasteiger partial charge in [0.15, 0.2) is 0 Å². The molecule has 5 nitrogen and oxygen atoms in total. The summed E-state index contributed by atoms with van der Waals surface area (Å²) in [5, 5.41) is 2.73. The van der Waals surface area contributed by atoms with E-state index in [0.29, 0.717) is 5.15 Å². The Bertz CT molecular complexity index is 851. The van der Waals surface area contributed by atoms with E-state index in [0.717, 1.165) is 55.1 Å². The SMILES string of the molecule is Cn1ccnc1CN1CCN(c2cc3ccccc3c(Cl)n2)CC1. The molecule has 0 saturated carbocycles. The fraction of sp³-hybridized carbons (Fsp3) is 0.333. The molecule has 24 heavy (non-hydrogen) atoms. The van der Waals surface area contributed by atoms with Crippen LogP contribution in [0.25, 0.3) is 10.8 Å². The van der Waals surface area contributed by atoms with Crippen LogP contribution in [0.3, 0.4) is 0 Å². The highest BCUT2D eigenvalue weighted by atomic mass is 35.5. The number of hydrogen-bond donors (Lipinski definition) is 0. The van der Waals surface area contributed by atoms with Gasteiger partial charge >= 0.3 is 0 Å². The normalized spacial score (nSPS) is 16.0. The van der Waals surface area contributed by atoms with Crippen molar-refractivity contribution in [2.24, 2.45) is 7.05 Å². The fourth-order valence-electron chi connectivity index (χ4n) is 3.19. The smallest absolute Gasteiger partial charge is 0.139 e. The highest BCUT2D eigenvalue weighted by molar-refractivity contribution is 6.34. The zero-order chi connectivity index (χ0) is 16.5. The number of hydrogen-bond acceptors (Lipinski definition) is 4. The number of pyridine rings is 1. The molecule has 0 spiro atoms. The first-order valence-electron chi connectivity index (χ1n) is 8.19. The Kier molecular flexibility index (Phi) is 4.12. The van der Waals surface area contributed by atoms with Gasteiger partial charge in [0.2, 0.25) is 0 Å². The summed E-state index contributed by atoms with van der Waals surface area (Å²) in [6, 6.07) is 10.3. The number of anilines is 1. The first-order valence-corrected chi connectivity index (χ1v) is 8.57. The van der Waals surface area contributed by atoms with Crippen LogP contribution in [0.5, 0.6) is 0 Å². The van der Waals surface area contributed by atoms with Crippen molar-refractivity contribution in [3.63, 3.8) is 0 Å². The minimum absolute atomic E-state index is 0.582. The van der Waals surface area contributed by atoms with E-state index in [-0.39, 0.29) is 0 Å².